The SMILES string of the molecule is Cc1cc(N2CC(C(F)(F)F)C2)ncn1. The van der Waals surface area contributed by atoms with Gasteiger partial charge < -0.3 is 4.90 Å². The van der Waals surface area contributed by atoms with Gasteiger partial charge >= 0.3 is 6.18 Å². The van der Waals surface area contributed by atoms with Gasteiger partial charge in [-0.25, -0.2) is 9.97 Å². The predicted molar refractivity (Wildman–Crippen MR) is 48.5 cm³/mol. The van der Waals surface area contributed by atoms with Crippen LogP contribution in [0.15, 0.2) is 12.4 Å². The van der Waals surface area contributed by atoms with Crippen molar-refractivity contribution in [2.45, 2.75) is 13.1 Å². The van der Waals surface area contributed by atoms with E-state index in [0.29, 0.717) is 5.82 Å². The molecule has 0 saturated carbocycles. The molecule has 1 saturated heterocycles. The highest BCUT2D eigenvalue weighted by Crippen LogP contribution is 2.35. The summed E-state index contributed by atoms with van der Waals surface area (Å²) in [6, 6.07) is 1.69. The summed E-state index contributed by atoms with van der Waals surface area (Å²) >= 11 is 0. The van der Waals surface area contributed by atoms with E-state index in [9.17, 15) is 13.2 Å². The number of aryl methyl sites for hydroxylation is 1. The standard InChI is InChI=1S/C9H10F3N3/c1-6-2-8(14-5-13-6)15-3-7(4-15)9(10,11)12/h2,5,7H,3-4H2,1H3. The van der Waals surface area contributed by atoms with Gasteiger partial charge in [-0.05, 0) is 6.92 Å². The van der Waals surface area contributed by atoms with Crippen molar-refractivity contribution in [3.63, 3.8) is 0 Å². The quantitative estimate of drug-likeness (QED) is 0.718. The maximum Gasteiger partial charge on any atom is 0.395 e. The molecule has 2 rings (SSSR count). The maximum absolute atomic E-state index is 12.2. The van der Waals surface area contributed by atoms with Crippen LogP contribution in [-0.4, -0.2) is 29.2 Å². The molecule has 1 fully saturated rings. The van der Waals surface area contributed by atoms with Crippen molar-refractivity contribution in [1.82, 2.24) is 9.97 Å². The Bertz CT molecular complexity index is 358. The van der Waals surface area contributed by atoms with E-state index >= 15 is 0 Å². The lowest BCUT2D eigenvalue weighted by atomic mass is 10.00. The summed E-state index contributed by atoms with van der Waals surface area (Å²) in [5.74, 6) is -0.643. The van der Waals surface area contributed by atoms with Crippen molar-refractivity contribution in [2.75, 3.05) is 18.0 Å². The molecular weight excluding hydrogens is 207 g/mol. The molecule has 6 heteroatoms. The first kappa shape index (κ1) is 10.2. The van der Waals surface area contributed by atoms with Crippen LogP contribution in [0.2, 0.25) is 0 Å². The molecule has 0 spiro atoms. The molecule has 82 valence electrons. The predicted octanol–water partition coefficient (Wildman–Crippen LogP) is 1.78. The molecule has 15 heavy (non-hydrogen) atoms. The van der Waals surface area contributed by atoms with Crippen LogP contribution in [0.5, 0.6) is 0 Å². The minimum absolute atomic E-state index is 0.0000463. The fraction of sp³-hybridized carbons (Fsp3) is 0.556. The van der Waals surface area contributed by atoms with Crippen molar-refractivity contribution >= 4 is 5.82 Å². The number of anilines is 1. The molecule has 0 unspecified atom stereocenters. The number of hydrogen-bond donors (Lipinski definition) is 0. The van der Waals surface area contributed by atoms with Crippen molar-refractivity contribution in [3.05, 3.63) is 18.1 Å². The number of aromatic nitrogens is 2. The Labute approximate surface area is 84.9 Å². The van der Waals surface area contributed by atoms with Gasteiger partial charge in [0.2, 0.25) is 0 Å². The largest absolute Gasteiger partial charge is 0.395 e. The van der Waals surface area contributed by atoms with E-state index in [4.69, 9.17) is 0 Å². The van der Waals surface area contributed by atoms with E-state index in [1.165, 1.54) is 6.33 Å². The summed E-state index contributed by atoms with van der Waals surface area (Å²) in [6.45, 7) is 1.78. The Morgan fingerprint density at radius 1 is 1.33 bits per heavy atom. The van der Waals surface area contributed by atoms with Crippen molar-refractivity contribution in [1.29, 1.82) is 0 Å². The molecule has 0 amide bonds. The summed E-state index contributed by atoms with van der Waals surface area (Å²) in [4.78, 5) is 9.42. The Morgan fingerprint density at radius 2 is 2.00 bits per heavy atom. The second kappa shape index (κ2) is 3.36. The molecule has 0 bridgehead atoms. The van der Waals surface area contributed by atoms with E-state index in [-0.39, 0.29) is 13.1 Å². The first-order valence-corrected chi connectivity index (χ1v) is 4.57. The highest BCUT2D eigenvalue weighted by Gasteiger charge is 2.47. The molecule has 0 aliphatic carbocycles. The van der Waals surface area contributed by atoms with Gasteiger partial charge in [0.05, 0.1) is 5.92 Å². The van der Waals surface area contributed by atoms with Gasteiger partial charge in [-0.1, -0.05) is 0 Å². The van der Waals surface area contributed by atoms with Crippen LogP contribution in [0.3, 0.4) is 0 Å². The van der Waals surface area contributed by atoms with Crippen molar-refractivity contribution < 1.29 is 13.2 Å². The minimum atomic E-state index is -4.08. The zero-order chi connectivity index (χ0) is 11.1. The van der Waals surface area contributed by atoms with Gasteiger partial charge in [-0.15, -0.1) is 0 Å². The average Bonchev–Trinajstić information content (AvgIpc) is 1.97. The Morgan fingerprint density at radius 3 is 2.53 bits per heavy atom. The number of nitrogens with zero attached hydrogens (tertiary/aromatic N) is 3. The summed E-state index contributed by atoms with van der Waals surface area (Å²) in [7, 11) is 0. The molecule has 0 N–H and O–H groups in total. The summed E-state index contributed by atoms with van der Waals surface area (Å²) < 4.78 is 36.6. The van der Waals surface area contributed by atoms with Crippen LogP contribution in [-0.2, 0) is 0 Å². The van der Waals surface area contributed by atoms with Crippen LogP contribution in [0.1, 0.15) is 5.69 Å². The molecule has 1 aromatic rings. The Hall–Kier alpha value is -1.33. The summed E-state index contributed by atoms with van der Waals surface area (Å²) in [6.07, 6.45) is -2.72. The van der Waals surface area contributed by atoms with Gasteiger partial charge in [0.15, 0.2) is 0 Å². The molecular formula is C9H10F3N3. The van der Waals surface area contributed by atoms with E-state index in [2.05, 4.69) is 9.97 Å². The van der Waals surface area contributed by atoms with Gasteiger partial charge in [0.25, 0.3) is 0 Å². The Kier molecular flexibility index (Phi) is 2.28. The monoisotopic (exact) mass is 217 g/mol. The van der Waals surface area contributed by atoms with E-state index in [1.54, 1.807) is 17.9 Å². The highest BCUT2D eigenvalue weighted by atomic mass is 19.4. The Balaban J connectivity index is 2.00. The fourth-order valence-corrected chi connectivity index (χ4v) is 1.49. The van der Waals surface area contributed by atoms with E-state index in [0.717, 1.165) is 5.69 Å². The third kappa shape index (κ3) is 2.03. The number of halogens is 3. The second-order valence-corrected chi connectivity index (χ2v) is 3.66. The molecule has 2 heterocycles. The van der Waals surface area contributed by atoms with Gasteiger partial charge in [-0.2, -0.15) is 13.2 Å². The average molecular weight is 217 g/mol. The maximum atomic E-state index is 12.2. The lowest BCUT2D eigenvalue weighted by Gasteiger charge is -2.40. The molecule has 3 nitrogen and oxygen atoms in total. The van der Waals surface area contributed by atoms with Crippen LogP contribution in [0.25, 0.3) is 0 Å². The molecule has 1 aliphatic rings. The minimum Gasteiger partial charge on any atom is -0.355 e. The molecule has 0 radical (unpaired) electrons. The van der Waals surface area contributed by atoms with Crippen molar-refractivity contribution in [2.24, 2.45) is 5.92 Å². The van der Waals surface area contributed by atoms with Crippen LogP contribution in [0.4, 0.5) is 19.0 Å². The van der Waals surface area contributed by atoms with Crippen LogP contribution in [0, 0.1) is 12.8 Å². The first-order valence-electron chi connectivity index (χ1n) is 4.57. The third-order valence-electron chi connectivity index (χ3n) is 2.46. The van der Waals surface area contributed by atoms with Gasteiger partial charge in [0, 0.05) is 24.8 Å². The number of hydrogen-bond acceptors (Lipinski definition) is 3. The van der Waals surface area contributed by atoms with Crippen LogP contribution >= 0.6 is 0 Å². The molecule has 0 aromatic carbocycles. The van der Waals surface area contributed by atoms with E-state index < -0.39 is 12.1 Å². The summed E-state index contributed by atoms with van der Waals surface area (Å²) in [5.41, 5.74) is 0.760. The second-order valence-electron chi connectivity index (χ2n) is 3.66. The molecule has 1 aliphatic heterocycles. The third-order valence-corrected chi connectivity index (χ3v) is 2.46. The molecule has 0 atom stereocenters. The zero-order valence-corrected chi connectivity index (χ0v) is 8.12. The number of rotatable bonds is 1. The summed E-state index contributed by atoms with van der Waals surface area (Å²) in [5, 5.41) is 0. The fourth-order valence-electron chi connectivity index (χ4n) is 1.49. The van der Waals surface area contributed by atoms with Gasteiger partial charge in [0.1, 0.15) is 12.1 Å². The number of alkyl halides is 3. The molecule has 1 aromatic heterocycles. The highest BCUT2D eigenvalue weighted by molar-refractivity contribution is 5.42. The first-order chi connectivity index (χ1) is 6.97. The lowest BCUT2D eigenvalue weighted by molar-refractivity contribution is -0.180. The smallest absolute Gasteiger partial charge is 0.355 e. The van der Waals surface area contributed by atoms with E-state index in [1.807, 2.05) is 0 Å². The normalized spacial score (nSPS) is 17.7. The topological polar surface area (TPSA) is 29.0 Å². The lowest BCUT2D eigenvalue weighted by Crippen LogP contribution is -2.53. The van der Waals surface area contributed by atoms with Crippen molar-refractivity contribution in [3.8, 4) is 0 Å². The van der Waals surface area contributed by atoms with Gasteiger partial charge in [-0.3, -0.25) is 0 Å². The van der Waals surface area contributed by atoms with Crippen LogP contribution < -0.4 is 4.90 Å². The zero-order valence-electron chi connectivity index (χ0n) is 8.12.